The van der Waals surface area contributed by atoms with E-state index in [9.17, 15) is 17.2 Å². The lowest BCUT2D eigenvalue weighted by Crippen LogP contribution is -2.18. The van der Waals surface area contributed by atoms with E-state index in [0.717, 1.165) is 23.9 Å². The first-order valence-electron chi connectivity index (χ1n) is 5.79. The third-order valence-corrected chi connectivity index (χ3v) is 5.23. The smallest absolute Gasteiger partial charge is 0.240 e. The highest BCUT2D eigenvalue weighted by Gasteiger charge is 2.14. The number of nitrogen functional groups attached to an aromatic ring is 1. The molecule has 4 nitrogen and oxygen atoms in total. The van der Waals surface area contributed by atoms with Crippen LogP contribution in [-0.4, -0.2) is 15.5 Å². The number of benzene rings is 2. The topological polar surface area (TPSA) is 72.2 Å². The molecule has 0 spiro atoms. The second-order valence-corrected chi connectivity index (χ2v) is 7.05. The van der Waals surface area contributed by atoms with E-state index < -0.39 is 21.7 Å². The Balaban J connectivity index is 2.34. The molecule has 3 N–H and O–H groups in total. The molecule has 8 heteroatoms. The summed E-state index contributed by atoms with van der Waals surface area (Å²) in [7, 11) is -2.29. The second-order valence-electron chi connectivity index (χ2n) is 4.08. The molecule has 0 saturated carbocycles. The van der Waals surface area contributed by atoms with Gasteiger partial charge in [0.2, 0.25) is 10.0 Å². The van der Waals surface area contributed by atoms with Gasteiger partial charge in [0.25, 0.3) is 0 Å². The molecule has 0 heterocycles. The van der Waals surface area contributed by atoms with E-state index >= 15 is 0 Å². The normalized spacial score (nSPS) is 11.6. The highest BCUT2D eigenvalue weighted by molar-refractivity contribution is 7.99. The maximum atomic E-state index is 13.6. The van der Waals surface area contributed by atoms with Crippen molar-refractivity contribution in [2.24, 2.45) is 0 Å². The van der Waals surface area contributed by atoms with Crippen LogP contribution in [0.1, 0.15) is 0 Å². The van der Waals surface area contributed by atoms with Gasteiger partial charge in [-0.3, -0.25) is 0 Å². The van der Waals surface area contributed by atoms with Crippen LogP contribution in [0.2, 0.25) is 0 Å². The van der Waals surface area contributed by atoms with Gasteiger partial charge in [-0.05, 0) is 37.4 Å². The van der Waals surface area contributed by atoms with Crippen LogP contribution in [0.4, 0.5) is 14.5 Å². The van der Waals surface area contributed by atoms with E-state index in [1.54, 1.807) is 0 Å². The Hall–Kier alpha value is -1.64. The molecule has 0 aliphatic carbocycles. The van der Waals surface area contributed by atoms with Crippen molar-refractivity contribution in [3.8, 4) is 0 Å². The Morgan fingerprint density at radius 1 is 1.10 bits per heavy atom. The molecule has 2 aromatic rings. The van der Waals surface area contributed by atoms with Crippen molar-refractivity contribution in [3.05, 3.63) is 48.0 Å². The highest BCUT2D eigenvalue weighted by atomic mass is 32.2. The molecule has 2 rings (SSSR count). The molecule has 0 aliphatic rings. The summed E-state index contributed by atoms with van der Waals surface area (Å²) >= 11 is 0.995. The van der Waals surface area contributed by atoms with E-state index in [2.05, 4.69) is 4.72 Å². The summed E-state index contributed by atoms with van der Waals surface area (Å²) in [6.07, 6.45) is 0. The third kappa shape index (κ3) is 3.52. The fourth-order valence-electron chi connectivity index (χ4n) is 1.58. The van der Waals surface area contributed by atoms with Crippen LogP contribution < -0.4 is 10.5 Å². The number of halogens is 2. The predicted octanol–water partition coefficient (Wildman–Crippen LogP) is 2.61. The molecular weight excluding hydrogens is 318 g/mol. The molecule has 0 unspecified atom stereocenters. The second kappa shape index (κ2) is 6.00. The molecule has 21 heavy (non-hydrogen) atoms. The van der Waals surface area contributed by atoms with Crippen LogP contribution in [0.3, 0.4) is 0 Å². The lowest BCUT2D eigenvalue weighted by atomic mass is 10.3. The van der Waals surface area contributed by atoms with Gasteiger partial charge in [0.15, 0.2) is 0 Å². The van der Waals surface area contributed by atoms with Gasteiger partial charge in [-0.15, -0.1) is 0 Å². The summed E-state index contributed by atoms with van der Waals surface area (Å²) in [5.41, 5.74) is 5.99. The Morgan fingerprint density at radius 2 is 1.76 bits per heavy atom. The zero-order chi connectivity index (χ0) is 15.6. The molecule has 0 aromatic heterocycles. The Labute approximate surface area is 125 Å². The average Bonchev–Trinajstić information content (AvgIpc) is 2.43. The molecule has 2 aromatic carbocycles. The van der Waals surface area contributed by atoms with Crippen molar-refractivity contribution < 1.29 is 17.2 Å². The van der Waals surface area contributed by atoms with Crippen molar-refractivity contribution in [1.29, 1.82) is 0 Å². The maximum absolute atomic E-state index is 13.6. The molecule has 0 fully saturated rings. The van der Waals surface area contributed by atoms with Crippen molar-refractivity contribution >= 4 is 27.5 Å². The fourth-order valence-corrected chi connectivity index (χ4v) is 3.19. The quantitative estimate of drug-likeness (QED) is 0.845. The van der Waals surface area contributed by atoms with Crippen LogP contribution in [0.5, 0.6) is 0 Å². The fraction of sp³-hybridized carbons (Fsp3) is 0.0769. The van der Waals surface area contributed by atoms with Crippen LogP contribution >= 0.6 is 11.8 Å². The number of anilines is 1. The van der Waals surface area contributed by atoms with E-state index in [-0.39, 0.29) is 15.5 Å². The van der Waals surface area contributed by atoms with Gasteiger partial charge in [0.05, 0.1) is 4.90 Å². The summed E-state index contributed by atoms with van der Waals surface area (Å²) in [6.45, 7) is 0. The van der Waals surface area contributed by atoms with Crippen LogP contribution in [0.25, 0.3) is 0 Å². The minimum Gasteiger partial charge on any atom is -0.398 e. The molecule has 0 saturated heterocycles. The molecule has 0 aliphatic heterocycles. The van der Waals surface area contributed by atoms with Gasteiger partial charge in [-0.2, -0.15) is 0 Å². The lowest BCUT2D eigenvalue weighted by Gasteiger charge is -2.09. The van der Waals surface area contributed by atoms with Gasteiger partial charge < -0.3 is 5.73 Å². The average molecular weight is 330 g/mol. The first-order chi connectivity index (χ1) is 9.83. The Morgan fingerprint density at radius 3 is 2.33 bits per heavy atom. The zero-order valence-electron chi connectivity index (χ0n) is 10.9. The van der Waals surface area contributed by atoms with E-state index in [4.69, 9.17) is 5.73 Å². The first kappa shape index (κ1) is 15.7. The molecular formula is C13H12F2N2O2S2. The molecule has 0 atom stereocenters. The van der Waals surface area contributed by atoms with Gasteiger partial charge in [-0.25, -0.2) is 21.9 Å². The monoisotopic (exact) mass is 330 g/mol. The summed E-state index contributed by atoms with van der Waals surface area (Å²) < 4.78 is 51.9. The number of nitrogens with one attached hydrogen (secondary N) is 1. The first-order valence-corrected chi connectivity index (χ1v) is 8.09. The molecule has 112 valence electrons. The number of hydrogen-bond acceptors (Lipinski definition) is 4. The van der Waals surface area contributed by atoms with Crippen molar-refractivity contribution in [2.45, 2.75) is 14.7 Å². The van der Waals surface area contributed by atoms with Crippen LogP contribution in [-0.2, 0) is 10.0 Å². The SMILES string of the molecule is CNS(=O)(=O)c1ccc(Sc2ccc(F)cc2F)c(N)c1. The number of nitrogens with two attached hydrogens (primary N) is 1. The summed E-state index contributed by atoms with van der Waals surface area (Å²) in [6, 6.07) is 7.35. The lowest BCUT2D eigenvalue weighted by molar-refractivity contribution is 0.565. The van der Waals surface area contributed by atoms with E-state index in [0.29, 0.717) is 4.90 Å². The number of hydrogen-bond donors (Lipinski definition) is 2. The van der Waals surface area contributed by atoms with Crippen molar-refractivity contribution in [3.63, 3.8) is 0 Å². The molecule has 0 radical (unpaired) electrons. The van der Waals surface area contributed by atoms with Gasteiger partial charge in [-0.1, -0.05) is 11.8 Å². The summed E-state index contributed by atoms with van der Waals surface area (Å²) in [4.78, 5) is 0.703. The minimum absolute atomic E-state index is 0.0198. The number of sulfonamides is 1. The maximum Gasteiger partial charge on any atom is 0.240 e. The van der Waals surface area contributed by atoms with Crippen LogP contribution in [0.15, 0.2) is 51.1 Å². The Bertz CT molecular complexity index is 780. The van der Waals surface area contributed by atoms with Crippen LogP contribution in [0, 0.1) is 11.6 Å². The number of rotatable bonds is 4. The Kier molecular flexibility index (Phi) is 4.50. The van der Waals surface area contributed by atoms with Crippen molar-refractivity contribution in [1.82, 2.24) is 4.72 Å². The minimum atomic E-state index is -3.59. The molecule has 0 bridgehead atoms. The van der Waals surface area contributed by atoms with Gasteiger partial charge in [0, 0.05) is 21.5 Å². The molecule has 0 amide bonds. The summed E-state index contributed by atoms with van der Waals surface area (Å²) in [5.74, 6) is -1.37. The van der Waals surface area contributed by atoms with Gasteiger partial charge in [0.1, 0.15) is 11.6 Å². The summed E-state index contributed by atoms with van der Waals surface area (Å²) in [5, 5.41) is 0. The largest absolute Gasteiger partial charge is 0.398 e. The predicted molar refractivity (Wildman–Crippen MR) is 77.6 cm³/mol. The zero-order valence-corrected chi connectivity index (χ0v) is 12.6. The third-order valence-electron chi connectivity index (χ3n) is 2.67. The highest BCUT2D eigenvalue weighted by Crippen LogP contribution is 2.34. The standard InChI is InChI=1S/C13H12F2N2O2S2/c1-17-21(18,19)9-3-5-13(11(16)7-9)20-12-4-2-8(14)6-10(12)15/h2-7,17H,16H2,1H3. The van der Waals surface area contributed by atoms with E-state index in [1.165, 1.54) is 31.3 Å². The van der Waals surface area contributed by atoms with E-state index in [1.807, 2.05) is 0 Å². The van der Waals surface area contributed by atoms with Gasteiger partial charge >= 0.3 is 0 Å². The van der Waals surface area contributed by atoms with Crippen molar-refractivity contribution in [2.75, 3.05) is 12.8 Å².